The minimum Gasteiger partial charge on any atom is -0.369 e. The number of hydrogen-bond donors (Lipinski definition) is 1. The van der Waals surface area contributed by atoms with Gasteiger partial charge in [0.2, 0.25) is 0 Å². The van der Waals surface area contributed by atoms with Gasteiger partial charge in [-0.05, 0) is 36.8 Å². The fourth-order valence-corrected chi connectivity index (χ4v) is 2.13. The van der Waals surface area contributed by atoms with Gasteiger partial charge in [0, 0.05) is 10.6 Å². The van der Waals surface area contributed by atoms with Crippen LogP contribution in [-0.4, -0.2) is 18.2 Å². The number of nitrogens with one attached hydrogen (secondary N) is 1. The molecule has 4 nitrogen and oxygen atoms in total. The van der Waals surface area contributed by atoms with Gasteiger partial charge in [0.15, 0.2) is 0 Å². The molecule has 2 rings (SSSR count). The first-order chi connectivity index (χ1) is 11.2. The number of benzene rings is 2. The minimum atomic E-state index is -5.25. The molecule has 0 aromatic heterocycles. The van der Waals surface area contributed by atoms with Gasteiger partial charge in [0.1, 0.15) is 0 Å². The molecule has 0 unspecified atom stereocenters. The number of hydrogen-bond acceptors (Lipinski definition) is 3. The summed E-state index contributed by atoms with van der Waals surface area (Å²) in [5.41, 5.74) is 2.20. The van der Waals surface area contributed by atoms with Crippen LogP contribution in [-0.2, 0) is 9.53 Å². The number of carbonyl (C=O) groups is 2. The fourth-order valence-electron chi connectivity index (χ4n) is 1.94. The molecule has 0 saturated heterocycles. The van der Waals surface area contributed by atoms with Crippen molar-refractivity contribution < 1.29 is 27.5 Å². The number of halogens is 4. The third-order valence-electron chi connectivity index (χ3n) is 2.96. The van der Waals surface area contributed by atoms with Gasteiger partial charge in [0.05, 0.1) is 5.69 Å². The van der Waals surface area contributed by atoms with Crippen molar-refractivity contribution in [3.63, 3.8) is 0 Å². The summed E-state index contributed by atoms with van der Waals surface area (Å²) < 4.78 is 40.1. The second-order valence-electron chi connectivity index (χ2n) is 4.86. The maximum atomic E-state index is 12.1. The third kappa shape index (κ3) is 4.48. The first kappa shape index (κ1) is 17.8. The highest BCUT2D eigenvalue weighted by molar-refractivity contribution is 6.30. The molecular formula is C16H11ClF3NO3. The summed E-state index contributed by atoms with van der Waals surface area (Å²) in [6.45, 7) is 1.81. The molecule has 0 heterocycles. The summed E-state index contributed by atoms with van der Waals surface area (Å²) in [6, 6.07) is 11.6. The number of carbonyl (C=O) groups excluding carboxylic acids is 2. The van der Waals surface area contributed by atoms with E-state index in [0.29, 0.717) is 16.1 Å². The Morgan fingerprint density at radius 2 is 1.83 bits per heavy atom. The largest absolute Gasteiger partial charge is 0.491 e. The highest BCUT2D eigenvalue weighted by Gasteiger charge is 2.42. The van der Waals surface area contributed by atoms with E-state index in [1.807, 2.05) is 6.92 Å². The number of aryl methyl sites for hydroxylation is 1. The number of anilines is 1. The zero-order chi connectivity index (χ0) is 17.9. The molecule has 0 fully saturated rings. The Morgan fingerprint density at radius 1 is 1.12 bits per heavy atom. The van der Waals surface area contributed by atoms with Crippen molar-refractivity contribution in [2.24, 2.45) is 0 Å². The zero-order valence-electron chi connectivity index (χ0n) is 12.3. The van der Waals surface area contributed by atoms with Gasteiger partial charge in [-0.25, -0.2) is 9.59 Å². The highest BCUT2D eigenvalue weighted by Crippen LogP contribution is 2.31. The van der Waals surface area contributed by atoms with E-state index in [0.717, 1.165) is 5.56 Å². The molecule has 8 heteroatoms. The molecule has 2 aromatic carbocycles. The Hall–Kier alpha value is -2.54. The molecule has 0 radical (unpaired) electrons. The summed E-state index contributed by atoms with van der Waals surface area (Å²) in [6.07, 6.45) is -6.77. The minimum absolute atomic E-state index is 0.183. The van der Waals surface area contributed by atoms with Gasteiger partial charge in [0.25, 0.3) is 0 Å². The molecule has 0 aliphatic carbocycles. The van der Waals surface area contributed by atoms with E-state index < -0.39 is 18.2 Å². The lowest BCUT2D eigenvalue weighted by Crippen LogP contribution is -2.30. The topological polar surface area (TPSA) is 55.4 Å². The predicted molar refractivity (Wildman–Crippen MR) is 82.8 cm³/mol. The standard InChI is InChI=1S/C16H11ClF3NO3/c1-9-5-6-13(21-15(23)24-14(22)16(18,19)20)12(7-9)10-3-2-4-11(17)8-10/h2-8H,1H3,(H,21,23). The predicted octanol–water partition coefficient (Wildman–Crippen LogP) is 4.95. The van der Waals surface area contributed by atoms with Crippen LogP contribution in [0.2, 0.25) is 5.02 Å². The van der Waals surface area contributed by atoms with Crippen LogP contribution in [0, 0.1) is 6.92 Å². The molecular weight excluding hydrogens is 347 g/mol. The van der Waals surface area contributed by atoms with Crippen molar-refractivity contribution in [3.8, 4) is 11.1 Å². The Labute approximate surface area is 140 Å². The Kier molecular flexibility index (Phi) is 5.14. The van der Waals surface area contributed by atoms with E-state index in [1.54, 1.807) is 36.4 Å². The maximum absolute atomic E-state index is 12.1. The molecule has 0 spiro atoms. The lowest BCUT2D eigenvalue weighted by atomic mass is 10.0. The van der Waals surface area contributed by atoms with Crippen LogP contribution in [0.15, 0.2) is 42.5 Å². The summed E-state index contributed by atoms with van der Waals surface area (Å²) in [4.78, 5) is 22.2. The number of esters is 1. The van der Waals surface area contributed by atoms with Crippen LogP contribution in [0.5, 0.6) is 0 Å². The summed E-state index contributed by atoms with van der Waals surface area (Å²) in [7, 11) is 0. The van der Waals surface area contributed by atoms with Crippen LogP contribution in [0.25, 0.3) is 11.1 Å². The van der Waals surface area contributed by atoms with Gasteiger partial charge < -0.3 is 4.74 Å². The lowest BCUT2D eigenvalue weighted by molar-refractivity contribution is -0.192. The molecule has 0 aliphatic heterocycles. The van der Waals surface area contributed by atoms with Gasteiger partial charge in [-0.3, -0.25) is 5.32 Å². The Balaban J connectivity index is 2.28. The van der Waals surface area contributed by atoms with E-state index in [1.165, 1.54) is 6.07 Å². The molecule has 24 heavy (non-hydrogen) atoms. The van der Waals surface area contributed by atoms with Crippen LogP contribution < -0.4 is 5.32 Å². The maximum Gasteiger partial charge on any atom is 0.491 e. The number of rotatable bonds is 2. The van der Waals surface area contributed by atoms with E-state index in [4.69, 9.17) is 11.6 Å². The van der Waals surface area contributed by atoms with E-state index in [2.05, 4.69) is 10.1 Å². The van der Waals surface area contributed by atoms with Gasteiger partial charge >= 0.3 is 18.2 Å². The van der Waals surface area contributed by atoms with Crippen molar-refractivity contribution in [3.05, 3.63) is 53.1 Å². The smallest absolute Gasteiger partial charge is 0.369 e. The van der Waals surface area contributed by atoms with Gasteiger partial charge in [-0.1, -0.05) is 35.4 Å². The molecule has 0 saturated carbocycles. The van der Waals surface area contributed by atoms with Crippen molar-refractivity contribution in [2.45, 2.75) is 13.1 Å². The van der Waals surface area contributed by atoms with Crippen LogP contribution in [0.1, 0.15) is 5.56 Å². The number of ether oxygens (including phenoxy) is 1. The van der Waals surface area contributed by atoms with Crippen LogP contribution in [0.3, 0.4) is 0 Å². The monoisotopic (exact) mass is 357 g/mol. The summed E-state index contributed by atoms with van der Waals surface area (Å²) >= 11 is 5.93. The van der Waals surface area contributed by atoms with Crippen LogP contribution >= 0.6 is 11.6 Å². The normalized spacial score (nSPS) is 11.0. The number of alkyl halides is 3. The molecule has 126 valence electrons. The van der Waals surface area contributed by atoms with E-state index in [9.17, 15) is 22.8 Å². The second-order valence-corrected chi connectivity index (χ2v) is 5.30. The quantitative estimate of drug-likeness (QED) is 0.611. The van der Waals surface area contributed by atoms with Crippen molar-refractivity contribution >= 4 is 29.4 Å². The average molecular weight is 358 g/mol. The Morgan fingerprint density at radius 3 is 2.46 bits per heavy atom. The second kappa shape index (κ2) is 6.92. The number of amides is 1. The van der Waals surface area contributed by atoms with Crippen molar-refractivity contribution in [2.75, 3.05) is 5.32 Å². The van der Waals surface area contributed by atoms with Crippen molar-refractivity contribution in [1.82, 2.24) is 0 Å². The Bertz CT molecular complexity index is 790. The van der Waals surface area contributed by atoms with Gasteiger partial charge in [-0.2, -0.15) is 13.2 Å². The molecule has 0 aliphatic rings. The molecule has 1 N–H and O–H groups in total. The first-order valence-electron chi connectivity index (χ1n) is 6.63. The first-order valence-corrected chi connectivity index (χ1v) is 7.01. The van der Waals surface area contributed by atoms with Crippen LogP contribution in [0.4, 0.5) is 23.7 Å². The molecule has 1 amide bonds. The zero-order valence-corrected chi connectivity index (χ0v) is 13.0. The summed E-state index contributed by atoms with van der Waals surface area (Å²) in [5, 5.41) is 2.59. The lowest BCUT2D eigenvalue weighted by Gasteiger charge is -2.13. The van der Waals surface area contributed by atoms with Gasteiger partial charge in [-0.15, -0.1) is 0 Å². The summed E-state index contributed by atoms with van der Waals surface area (Å²) in [5.74, 6) is -2.59. The molecule has 0 bridgehead atoms. The fraction of sp³-hybridized carbons (Fsp3) is 0.125. The van der Waals surface area contributed by atoms with E-state index >= 15 is 0 Å². The molecule has 0 atom stereocenters. The highest BCUT2D eigenvalue weighted by atomic mass is 35.5. The average Bonchev–Trinajstić information content (AvgIpc) is 2.48. The van der Waals surface area contributed by atoms with E-state index in [-0.39, 0.29) is 5.69 Å². The SMILES string of the molecule is Cc1ccc(NC(=O)OC(=O)C(F)(F)F)c(-c2cccc(Cl)c2)c1. The third-order valence-corrected chi connectivity index (χ3v) is 3.20. The van der Waals surface area contributed by atoms with Crippen molar-refractivity contribution in [1.29, 1.82) is 0 Å². The molecule has 2 aromatic rings.